The lowest BCUT2D eigenvalue weighted by molar-refractivity contribution is -0.125. The van der Waals surface area contributed by atoms with Crippen molar-refractivity contribution in [1.29, 1.82) is 0 Å². The Bertz CT molecular complexity index is 1040. The molecule has 176 valence electrons. The summed E-state index contributed by atoms with van der Waals surface area (Å²) in [6, 6.07) is 6.38. The second-order valence-corrected chi connectivity index (χ2v) is 8.20. The number of nitrogens with zero attached hydrogens (tertiary/aromatic N) is 1. The standard InChI is InChI=1S/C23H24ClF3N4O2/c1-2-28-21(32)13-3-6-17(7-4-13)29-23(30-18-11-15(24)10-16(25)12-18)31-22(33)14-5-8-19(26)20(27)9-14/h5,8-13,17H,2-4,6-7H2,1H3,(H,28,32)(H2,29,30,31,33)/t13-,17+. The van der Waals surface area contributed by atoms with Crippen molar-refractivity contribution in [2.24, 2.45) is 10.9 Å². The molecule has 0 unspecified atom stereocenters. The Balaban J connectivity index is 1.78. The van der Waals surface area contributed by atoms with Crippen LogP contribution in [0.3, 0.4) is 0 Å². The zero-order chi connectivity index (χ0) is 24.0. The number of amides is 2. The smallest absolute Gasteiger partial charge is 0.280 e. The number of nitrogens with one attached hydrogen (secondary N) is 3. The third-order valence-corrected chi connectivity index (χ3v) is 5.51. The molecule has 1 aliphatic carbocycles. The maximum Gasteiger partial charge on any atom is 0.280 e. The first-order valence-corrected chi connectivity index (χ1v) is 11.0. The third-order valence-electron chi connectivity index (χ3n) is 5.30. The molecule has 0 spiro atoms. The number of carbonyl (C=O) groups excluding carboxylic acids is 2. The molecule has 33 heavy (non-hydrogen) atoms. The van der Waals surface area contributed by atoms with Crippen molar-refractivity contribution < 1.29 is 22.8 Å². The van der Waals surface area contributed by atoms with Gasteiger partial charge in [0.1, 0.15) is 5.82 Å². The number of benzene rings is 2. The van der Waals surface area contributed by atoms with E-state index >= 15 is 0 Å². The minimum Gasteiger partial charge on any atom is -0.356 e. The van der Waals surface area contributed by atoms with E-state index in [0.717, 1.165) is 24.3 Å². The molecule has 0 saturated heterocycles. The molecule has 6 nitrogen and oxygen atoms in total. The minimum atomic E-state index is -1.17. The van der Waals surface area contributed by atoms with Gasteiger partial charge in [0.05, 0.1) is 0 Å². The van der Waals surface area contributed by atoms with Gasteiger partial charge in [-0.15, -0.1) is 0 Å². The van der Waals surface area contributed by atoms with Crippen LogP contribution in [0, 0.1) is 23.4 Å². The molecule has 0 aromatic heterocycles. The van der Waals surface area contributed by atoms with Crippen molar-refractivity contribution in [3.05, 3.63) is 64.4 Å². The molecule has 10 heteroatoms. The van der Waals surface area contributed by atoms with Crippen molar-refractivity contribution in [3.8, 4) is 0 Å². The first kappa shape index (κ1) is 24.6. The fourth-order valence-electron chi connectivity index (χ4n) is 3.67. The molecular weight excluding hydrogens is 457 g/mol. The quantitative estimate of drug-likeness (QED) is 0.430. The molecule has 1 aliphatic rings. The molecule has 1 saturated carbocycles. The summed E-state index contributed by atoms with van der Waals surface area (Å²) in [6.07, 6.45) is 2.59. The van der Waals surface area contributed by atoms with Crippen LogP contribution in [0.15, 0.2) is 41.4 Å². The first-order valence-electron chi connectivity index (χ1n) is 10.6. The summed E-state index contributed by atoms with van der Waals surface area (Å²) in [5.41, 5.74) is 0.104. The van der Waals surface area contributed by atoms with Gasteiger partial charge in [-0.05, 0) is 69.0 Å². The lowest BCUT2D eigenvalue weighted by atomic mass is 9.85. The Hall–Kier alpha value is -3.07. The largest absolute Gasteiger partial charge is 0.356 e. The highest BCUT2D eigenvalue weighted by Crippen LogP contribution is 2.25. The van der Waals surface area contributed by atoms with Gasteiger partial charge in [-0.1, -0.05) is 11.6 Å². The van der Waals surface area contributed by atoms with Crippen LogP contribution in [0.1, 0.15) is 43.0 Å². The van der Waals surface area contributed by atoms with Crippen LogP contribution in [-0.2, 0) is 4.79 Å². The van der Waals surface area contributed by atoms with Crippen LogP contribution in [0.4, 0.5) is 18.9 Å². The van der Waals surface area contributed by atoms with E-state index in [2.05, 4.69) is 20.9 Å². The van der Waals surface area contributed by atoms with E-state index in [9.17, 15) is 22.8 Å². The molecule has 0 radical (unpaired) electrons. The van der Waals surface area contributed by atoms with E-state index in [-0.39, 0.29) is 40.1 Å². The van der Waals surface area contributed by atoms with Crippen molar-refractivity contribution in [2.45, 2.75) is 38.6 Å². The zero-order valence-corrected chi connectivity index (χ0v) is 18.7. The van der Waals surface area contributed by atoms with Gasteiger partial charge < -0.3 is 16.0 Å². The summed E-state index contributed by atoms with van der Waals surface area (Å²) in [7, 11) is 0. The molecule has 0 heterocycles. The Labute approximate surface area is 194 Å². The van der Waals surface area contributed by atoms with Gasteiger partial charge in [-0.2, -0.15) is 4.99 Å². The summed E-state index contributed by atoms with van der Waals surface area (Å²) in [5, 5.41) is 8.92. The Kier molecular flexibility index (Phi) is 8.32. The van der Waals surface area contributed by atoms with Gasteiger partial charge in [0.2, 0.25) is 11.9 Å². The van der Waals surface area contributed by atoms with Gasteiger partial charge in [-0.3, -0.25) is 9.59 Å². The molecule has 2 aromatic rings. The number of anilines is 1. The highest BCUT2D eigenvalue weighted by Gasteiger charge is 2.26. The number of carbonyl (C=O) groups is 2. The van der Waals surface area contributed by atoms with Crippen molar-refractivity contribution in [1.82, 2.24) is 10.6 Å². The number of halogens is 4. The monoisotopic (exact) mass is 480 g/mol. The molecular formula is C23H24ClF3N4O2. The summed E-state index contributed by atoms with van der Waals surface area (Å²) < 4.78 is 40.5. The molecule has 0 atom stereocenters. The van der Waals surface area contributed by atoms with E-state index in [1.165, 1.54) is 12.1 Å². The second kappa shape index (κ2) is 11.2. The first-order chi connectivity index (χ1) is 15.7. The van der Waals surface area contributed by atoms with E-state index in [0.29, 0.717) is 32.2 Å². The Morgan fingerprint density at radius 3 is 2.39 bits per heavy atom. The van der Waals surface area contributed by atoms with Gasteiger partial charge >= 0.3 is 0 Å². The maximum absolute atomic E-state index is 13.8. The van der Waals surface area contributed by atoms with Gasteiger partial charge in [0, 0.05) is 34.8 Å². The van der Waals surface area contributed by atoms with E-state index in [1.807, 2.05) is 6.92 Å². The zero-order valence-electron chi connectivity index (χ0n) is 17.9. The number of hydrogen-bond donors (Lipinski definition) is 3. The predicted octanol–water partition coefficient (Wildman–Crippen LogP) is 4.65. The maximum atomic E-state index is 13.8. The summed E-state index contributed by atoms with van der Waals surface area (Å²) in [5.74, 6) is -3.70. The van der Waals surface area contributed by atoms with E-state index < -0.39 is 23.4 Å². The van der Waals surface area contributed by atoms with Crippen LogP contribution >= 0.6 is 11.6 Å². The van der Waals surface area contributed by atoms with Gasteiger partial charge in [-0.25, -0.2) is 13.2 Å². The molecule has 0 aliphatic heterocycles. The van der Waals surface area contributed by atoms with Gasteiger partial charge in [0.15, 0.2) is 11.6 Å². The summed E-state index contributed by atoms with van der Waals surface area (Å²) in [4.78, 5) is 28.6. The van der Waals surface area contributed by atoms with Crippen LogP contribution < -0.4 is 16.0 Å². The molecule has 0 bridgehead atoms. The van der Waals surface area contributed by atoms with E-state index in [1.54, 1.807) is 0 Å². The number of hydrogen-bond acceptors (Lipinski definition) is 2. The molecule has 2 amide bonds. The van der Waals surface area contributed by atoms with Crippen LogP contribution in [0.25, 0.3) is 0 Å². The van der Waals surface area contributed by atoms with Crippen LogP contribution in [-0.4, -0.2) is 30.4 Å². The SMILES string of the molecule is CCNC(=O)[C@H]1CC[C@@H](N/C(=N\C(=O)c2ccc(F)c(F)c2)Nc2cc(F)cc(Cl)c2)CC1. The van der Waals surface area contributed by atoms with Gasteiger partial charge in [0.25, 0.3) is 5.91 Å². The summed E-state index contributed by atoms with van der Waals surface area (Å²) in [6.45, 7) is 2.43. The lowest BCUT2D eigenvalue weighted by Gasteiger charge is -2.29. The fraction of sp³-hybridized carbons (Fsp3) is 0.348. The molecule has 2 aromatic carbocycles. The topological polar surface area (TPSA) is 82.6 Å². The van der Waals surface area contributed by atoms with Crippen molar-refractivity contribution >= 4 is 35.1 Å². The number of guanidine groups is 1. The number of rotatable bonds is 5. The average molecular weight is 481 g/mol. The molecule has 3 N–H and O–H groups in total. The second-order valence-electron chi connectivity index (χ2n) is 7.77. The van der Waals surface area contributed by atoms with Crippen LogP contribution in [0.2, 0.25) is 5.02 Å². The summed E-state index contributed by atoms with van der Waals surface area (Å²) >= 11 is 5.91. The highest BCUT2D eigenvalue weighted by atomic mass is 35.5. The third kappa shape index (κ3) is 6.95. The lowest BCUT2D eigenvalue weighted by Crippen LogP contribution is -2.43. The minimum absolute atomic E-state index is 0.00728. The average Bonchev–Trinajstić information content (AvgIpc) is 2.75. The van der Waals surface area contributed by atoms with Crippen molar-refractivity contribution in [3.63, 3.8) is 0 Å². The van der Waals surface area contributed by atoms with Crippen molar-refractivity contribution in [2.75, 3.05) is 11.9 Å². The van der Waals surface area contributed by atoms with Crippen LogP contribution in [0.5, 0.6) is 0 Å². The molecule has 3 rings (SSSR count). The normalized spacial score (nSPS) is 18.5. The fourth-order valence-corrected chi connectivity index (χ4v) is 3.89. The molecule has 1 fully saturated rings. The highest BCUT2D eigenvalue weighted by molar-refractivity contribution is 6.31. The Morgan fingerprint density at radius 1 is 1.03 bits per heavy atom. The number of aliphatic imine (C=N–C) groups is 1. The Morgan fingerprint density at radius 2 is 1.76 bits per heavy atom. The predicted molar refractivity (Wildman–Crippen MR) is 121 cm³/mol. The van der Waals surface area contributed by atoms with E-state index in [4.69, 9.17) is 11.6 Å².